The molecule has 0 spiro atoms. The summed E-state index contributed by atoms with van der Waals surface area (Å²) in [5.41, 5.74) is 10.5. The van der Waals surface area contributed by atoms with Crippen molar-refractivity contribution in [3.05, 3.63) is 0 Å². The Hall–Kier alpha value is -1.06. The zero-order chi connectivity index (χ0) is 8.27. The van der Waals surface area contributed by atoms with Crippen molar-refractivity contribution in [3.63, 3.8) is 0 Å². The van der Waals surface area contributed by atoms with Crippen LogP contribution in [0.15, 0.2) is 4.99 Å². The van der Waals surface area contributed by atoms with E-state index in [9.17, 15) is 4.79 Å². The Morgan fingerprint density at radius 2 is 2.09 bits per heavy atom. The smallest absolute Gasteiger partial charge is 0.219 e. The molecule has 4 nitrogen and oxygen atoms in total. The van der Waals surface area contributed by atoms with E-state index in [0.717, 1.165) is 12.8 Å². The van der Waals surface area contributed by atoms with Crippen LogP contribution in [-0.4, -0.2) is 18.3 Å². The number of nitrogens with zero attached hydrogens (tertiary/aromatic N) is 1. The number of hydrogen-bond acceptors (Lipinski definition) is 2. The first kappa shape index (κ1) is 8.04. The van der Waals surface area contributed by atoms with Gasteiger partial charge in [0.2, 0.25) is 5.91 Å². The summed E-state index contributed by atoms with van der Waals surface area (Å²) in [6.07, 6.45) is 2.59. The van der Waals surface area contributed by atoms with Crippen molar-refractivity contribution < 1.29 is 4.79 Å². The average molecular weight is 155 g/mol. The summed E-state index contributed by atoms with van der Waals surface area (Å²) in [7, 11) is 0. The lowest BCUT2D eigenvalue weighted by Crippen LogP contribution is -2.17. The summed E-state index contributed by atoms with van der Waals surface area (Å²) in [5, 5.41) is 0. The summed E-state index contributed by atoms with van der Waals surface area (Å²) in [6.45, 7) is 0.442. The summed E-state index contributed by atoms with van der Waals surface area (Å²) < 4.78 is 0. The zero-order valence-electron chi connectivity index (χ0n) is 6.42. The fourth-order valence-corrected chi connectivity index (χ4v) is 0.803. The van der Waals surface area contributed by atoms with E-state index >= 15 is 0 Å². The first-order valence-corrected chi connectivity index (χ1v) is 3.78. The maximum Gasteiger partial charge on any atom is 0.219 e. The summed E-state index contributed by atoms with van der Waals surface area (Å²) in [5.74, 6) is 0.853. The van der Waals surface area contributed by atoms with Crippen molar-refractivity contribution >= 4 is 11.7 Å². The highest BCUT2D eigenvalue weighted by Gasteiger charge is 2.24. The van der Waals surface area contributed by atoms with Gasteiger partial charge in [0.1, 0.15) is 0 Å². The number of rotatable bonds is 4. The predicted octanol–water partition coefficient (Wildman–Crippen LogP) is -0.371. The molecule has 0 aliphatic heterocycles. The van der Waals surface area contributed by atoms with Gasteiger partial charge in [-0.05, 0) is 12.8 Å². The fourth-order valence-electron chi connectivity index (χ4n) is 0.803. The lowest BCUT2D eigenvalue weighted by atomic mass is 10.4. The van der Waals surface area contributed by atoms with Crippen LogP contribution >= 0.6 is 0 Å². The molecule has 1 amide bonds. The summed E-state index contributed by atoms with van der Waals surface area (Å²) in [4.78, 5) is 14.3. The van der Waals surface area contributed by atoms with Crippen LogP contribution in [0, 0.1) is 5.92 Å². The number of hydrogen-bond donors (Lipinski definition) is 2. The van der Waals surface area contributed by atoms with Gasteiger partial charge in [-0.3, -0.25) is 9.79 Å². The van der Waals surface area contributed by atoms with Gasteiger partial charge in [-0.1, -0.05) is 0 Å². The van der Waals surface area contributed by atoms with Gasteiger partial charge < -0.3 is 11.5 Å². The second kappa shape index (κ2) is 3.37. The largest absolute Gasteiger partial charge is 0.387 e. The van der Waals surface area contributed by atoms with Crippen LogP contribution in [0.5, 0.6) is 0 Å². The Kier molecular flexibility index (Phi) is 2.46. The molecule has 0 aromatic heterocycles. The summed E-state index contributed by atoms with van der Waals surface area (Å²) in [6, 6.07) is 0. The molecular formula is C7H13N3O. The van der Waals surface area contributed by atoms with Gasteiger partial charge in [0, 0.05) is 18.9 Å². The van der Waals surface area contributed by atoms with Crippen molar-refractivity contribution in [2.45, 2.75) is 19.3 Å². The van der Waals surface area contributed by atoms with Crippen LogP contribution < -0.4 is 11.5 Å². The number of nitrogens with two attached hydrogens (primary N) is 2. The maximum atomic E-state index is 10.3. The van der Waals surface area contributed by atoms with E-state index in [1.54, 1.807) is 0 Å². The molecule has 0 atom stereocenters. The molecule has 1 fully saturated rings. The van der Waals surface area contributed by atoms with Crippen LogP contribution in [-0.2, 0) is 4.79 Å². The monoisotopic (exact) mass is 155 g/mol. The molecule has 62 valence electrons. The molecule has 0 aromatic rings. The Labute approximate surface area is 65.7 Å². The number of carbonyl (C=O) groups excluding carboxylic acids is 1. The Balaban J connectivity index is 2.17. The standard InChI is InChI=1S/C7H13N3O/c8-6(11)3-4-10-7(9)5-1-2-5/h5H,1-4H2,(H2,8,11)(H2,9,10). The molecule has 11 heavy (non-hydrogen) atoms. The lowest BCUT2D eigenvalue weighted by Gasteiger charge is -1.95. The van der Waals surface area contributed by atoms with Crippen LogP contribution in [0.4, 0.5) is 0 Å². The number of primary amides is 1. The molecule has 0 unspecified atom stereocenters. The van der Waals surface area contributed by atoms with E-state index < -0.39 is 0 Å². The third-order valence-electron chi connectivity index (χ3n) is 1.65. The molecule has 1 aliphatic carbocycles. The minimum atomic E-state index is -0.322. The minimum Gasteiger partial charge on any atom is -0.387 e. The Morgan fingerprint density at radius 3 is 2.55 bits per heavy atom. The highest BCUT2D eigenvalue weighted by Crippen LogP contribution is 2.28. The molecule has 0 radical (unpaired) electrons. The van der Waals surface area contributed by atoms with Gasteiger partial charge >= 0.3 is 0 Å². The van der Waals surface area contributed by atoms with Gasteiger partial charge in [-0.25, -0.2) is 0 Å². The second-order valence-electron chi connectivity index (χ2n) is 2.80. The molecule has 1 aliphatic rings. The number of amides is 1. The number of carbonyl (C=O) groups is 1. The van der Waals surface area contributed by atoms with E-state index in [4.69, 9.17) is 11.5 Å². The van der Waals surface area contributed by atoms with E-state index in [1.165, 1.54) is 0 Å². The molecule has 4 heteroatoms. The highest BCUT2D eigenvalue weighted by molar-refractivity contribution is 5.85. The highest BCUT2D eigenvalue weighted by atomic mass is 16.1. The SMILES string of the molecule is NC(=O)CCN=C(N)C1CC1. The van der Waals surface area contributed by atoms with Gasteiger partial charge in [-0.15, -0.1) is 0 Å². The van der Waals surface area contributed by atoms with Gasteiger partial charge in [0.25, 0.3) is 0 Å². The molecule has 0 heterocycles. The van der Waals surface area contributed by atoms with E-state index in [2.05, 4.69) is 4.99 Å². The van der Waals surface area contributed by atoms with Crippen molar-refractivity contribution in [3.8, 4) is 0 Å². The third kappa shape index (κ3) is 3.02. The van der Waals surface area contributed by atoms with Crippen molar-refractivity contribution in [1.82, 2.24) is 0 Å². The van der Waals surface area contributed by atoms with Crippen molar-refractivity contribution in [2.75, 3.05) is 6.54 Å². The Bertz CT molecular complexity index is 184. The fraction of sp³-hybridized carbons (Fsp3) is 0.714. The van der Waals surface area contributed by atoms with Gasteiger partial charge in [-0.2, -0.15) is 0 Å². The van der Waals surface area contributed by atoms with Crippen molar-refractivity contribution in [1.29, 1.82) is 0 Å². The lowest BCUT2D eigenvalue weighted by molar-refractivity contribution is -0.117. The van der Waals surface area contributed by atoms with Gasteiger partial charge in [0.15, 0.2) is 0 Å². The topological polar surface area (TPSA) is 81.5 Å². The predicted molar refractivity (Wildman–Crippen MR) is 43.0 cm³/mol. The van der Waals surface area contributed by atoms with E-state index in [1.807, 2.05) is 0 Å². The van der Waals surface area contributed by atoms with E-state index in [0.29, 0.717) is 24.7 Å². The minimum absolute atomic E-state index is 0.299. The summed E-state index contributed by atoms with van der Waals surface area (Å²) >= 11 is 0. The molecule has 0 aromatic carbocycles. The van der Waals surface area contributed by atoms with Crippen molar-refractivity contribution in [2.24, 2.45) is 22.4 Å². The Morgan fingerprint density at radius 1 is 1.45 bits per heavy atom. The third-order valence-corrected chi connectivity index (χ3v) is 1.65. The number of aliphatic imine (C=N–C) groups is 1. The first-order chi connectivity index (χ1) is 5.20. The van der Waals surface area contributed by atoms with Crippen LogP contribution in [0.1, 0.15) is 19.3 Å². The molecule has 1 rings (SSSR count). The number of amidine groups is 1. The van der Waals surface area contributed by atoms with E-state index in [-0.39, 0.29) is 5.91 Å². The quantitative estimate of drug-likeness (QED) is 0.429. The average Bonchev–Trinajstić information content (AvgIpc) is 2.66. The van der Waals surface area contributed by atoms with Crippen LogP contribution in [0.2, 0.25) is 0 Å². The van der Waals surface area contributed by atoms with Gasteiger partial charge in [0.05, 0.1) is 5.84 Å². The molecule has 0 bridgehead atoms. The maximum absolute atomic E-state index is 10.3. The first-order valence-electron chi connectivity index (χ1n) is 3.78. The second-order valence-corrected chi connectivity index (χ2v) is 2.80. The molecular weight excluding hydrogens is 142 g/mol. The van der Waals surface area contributed by atoms with Crippen LogP contribution in [0.3, 0.4) is 0 Å². The zero-order valence-corrected chi connectivity index (χ0v) is 6.42. The molecule has 1 saturated carbocycles. The normalized spacial score (nSPS) is 18.4. The molecule has 0 saturated heterocycles. The van der Waals surface area contributed by atoms with Crippen LogP contribution in [0.25, 0.3) is 0 Å². The molecule has 4 N–H and O–H groups in total.